The molecular weight excluding hydrogens is 254 g/mol. The normalized spacial score (nSPS) is 22.6. The third-order valence-corrected chi connectivity index (χ3v) is 4.91. The van der Waals surface area contributed by atoms with Crippen LogP contribution in [0.2, 0.25) is 0 Å². The molecule has 2 aromatic rings. The van der Waals surface area contributed by atoms with E-state index in [0.29, 0.717) is 12.1 Å². The Morgan fingerprint density at radius 1 is 0.905 bits per heavy atom. The molecule has 0 radical (unpaired) electrons. The fourth-order valence-corrected chi connectivity index (χ4v) is 3.57. The minimum Gasteiger partial charge on any atom is -0.307 e. The number of benzene rings is 2. The Bertz CT molecular complexity index is 611. The second kappa shape index (κ2) is 6.03. The monoisotopic (exact) mass is 279 g/mol. The van der Waals surface area contributed by atoms with Crippen molar-refractivity contribution in [2.24, 2.45) is 0 Å². The summed E-state index contributed by atoms with van der Waals surface area (Å²) in [5.74, 6) is 0.743. The van der Waals surface area contributed by atoms with E-state index in [9.17, 15) is 0 Å². The van der Waals surface area contributed by atoms with Crippen molar-refractivity contribution >= 4 is 0 Å². The van der Waals surface area contributed by atoms with Gasteiger partial charge in [0.1, 0.15) is 0 Å². The van der Waals surface area contributed by atoms with Gasteiger partial charge in [0.15, 0.2) is 0 Å². The second-order valence-electron chi connectivity index (χ2n) is 6.47. The Kier molecular flexibility index (Phi) is 4.12. The minimum atomic E-state index is 0.439. The van der Waals surface area contributed by atoms with Gasteiger partial charge >= 0.3 is 0 Å². The molecule has 0 heterocycles. The molecule has 1 nitrogen and oxygen atoms in total. The number of hydrogen-bond donors (Lipinski definition) is 1. The third kappa shape index (κ3) is 3.03. The largest absolute Gasteiger partial charge is 0.307 e. The Hall–Kier alpha value is -1.60. The predicted octanol–water partition coefficient (Wildman–Crippen LogP) is 4.90. The van der Waals surface area contributed by atoms with E-state index >= 15 is 0 Å². The molecule has 1 fully saturated rings. The molecule has 3 rings (SSSR count). The Morgan fingerprint density at radius 2 is 1.52 bits per heavy atom. The highest BCUT2D eigenvalue weighted by atomic mass is 15.0. The van der Waals surface area contributed by atoms with Gasteiger partial charge < -0.3 is 5.32 Å². The maximum Gasteiger partial charge on any atom is 0.0296 e. The van der Waals surface area contributed by atoms with Crippen LogP contribution in [-0.4, -0.2) is 6.04 Å². The molecule has 0 amide bonds. The molecule has 1 aliphatic carbocycles. The van der Waals surface area contributed by atoms with Crippen molar-refractivity contribution in [2.75, 3.05) is 0 Å². The number of aryl methyl sites for hydroxylation is 2. The van der Waals surface area contributed by atoms with Crippen LogP contribution in [0.15, 0.2) is 48.5 Å². The van der Waals surface area contributed by atoms with Gasteiger partial charge in [-0.15, -0.1) is 0 Å². The molecule has 1 heteroatoms. The molecular formula is C20H25N. The number of nitrogens with one attached hydrogen (secondary N) is 1. The van der Waals surface area contributed by atoms with Gasteiger partial charge in [-0.05, 0) is 61.8 Å². The summed E-state index contributed by atoms with van der Waals surface area (Å²) in [6, 6.07) is 18.6. The van der Waals surface area contributed by atoms with Crippen LogP contribution < -0.4 is 5.32 Å². The Morgan fingerprint density at radius 3 is 2.19 bits per heavy atom. The van der Waals surface area contributed by atoms with Gasteiger partial charge in [0.05, 0.1) is 0 Å². The highest BCUT2D eigenvalue weighted by Gasteiger charge is 2.31. The van der Waals surface area contributed by atoms with E-state index in [2.05, 4.69) is 74.6 Å². The first kappa shape index (κ1) is 14.3. The van der Waals surface area contributed by atoms with Gasteiger partial charge in [0.2, 0.25) is 0 Å². The lowest BCUT2D eigenvalue weighted by Gasteiger charge is -2.39. The van der Waals surface area contributed by atoms with Crippen LogP contribution in [0.25, 0.3) is 0 Å². The summed E-state index contributed by atoms with van der Waals surface area (Å²) in [5, 5.41) is 3.79. The van der Waals surface area contributed by atoms with Crippen molar-refractivity contribution in [1.29, 1.82) is 0 Å². The topological polar surface area (TPSA) is 12.0 Å². The molecule has 0 aromatic heterocycles. The van der Waals surface area contributed by atoms with E-state index in [1.165, 1.54) is 29.5 Å². The van der Waals surface area contributed by atoms with Crippen LogP contribution >= 0.6 is 0 Å². The van der Waals surface area contributed by atoms with Crippen LogP contribution in [0.3, 0.4) is 0 Å². The van der Waals surface area contributed by atoms with Gasteiger partial charge in [-0.25, -0.2) is 0 Å². The maximum atomic E-state index is 3.79. The van der Waals surface area contributed by atoms with Crippen molar-refractivity contribution in [1.82, 2.24) is 5.32 Å². The Labute approximate surface area is 128 Å². The average Bonchev–Trinajstić information content (AvgIpc) is 2.44. The minimum absolute atomic E-state index is 0.439. The molecule has 110 valence electrons. The number of rotatable bonds is 4. The van der Waals surface area contributed by atoms with Crippen molar-refractivity contribution in [3.8, 4) is 0 Å². The first-order valence-corrected chi connectivity index (χ1v) is 8.02. The molecule has 0 aliphatic heterocycles. The molecule has 1 N–H and O–H groups in total. The zero-order valence-electron chi connectivity index (χ0n) is 13.3. The molecule has 21 heavy (non-hydrogen) atoms. The fraction of sp³-hybridized carbons (Fsp3) is 0.400. The molecule has 0 unspecified atom stereocenters. The SMILES string of the molecule is Cc1ccccc1C1CC(N[C@H](C)c2ccccc2C)C1. The predicted molar refractivity (Wildman–Crippen MR) is 89.7 cm³/mol. The summed E-state index contributed by atoms with van der Waals surface area (Å²) in [6.45, 7) is 6.71. The van der Waals surface area contributed by atoms with Crippen molar-refractivity contribution in [3.05, 3.63) is 70.8 Å². The Balaban J connectivity index is 1.58. The summed E-state index contributed by atoms with van der Waals surface area (Å²) in [7, 11) is 0. The lowest BCUT2D eigenvalue weighted by molar-refractivity contribution is 0.270. The summed E-state index contributed by atoms with van der Waals surface area (Å²) in [6.07, 6.45) is 2.53. The van der Waals surface area contributed by atoms with Crippen LogP contribution in [0.4, 0.5) is 0 Å². The van der Waals surface area contributed by atoms with Gasteiger partial charge in [-0.1, -0.05) is 48.5 Å². The quantitative estimate of drug-likeness (QED) is 0.839. The highest BCUT2D eigenvalue weighted by Crippen LogP contribution is 2.39. The highest BCUT2D eigenvalue weighted by molar-refractivity contribution is 5.32. The molecule has 2 aromatic carbocycles. The van der Waals surface area contributed by atoms with E-state index in [4.69, 9.17) is 0 Å². The van der Waals surface area contributed by atoms with Gasteiger partial charge in [-0.2, -0.15) is 0 Å². The van der Waals surface area contributed by atoms with Crippen molar-refractivity contribution in [3.63, 3.8) is 0 Å². The first-order valence-electron chi connectivity index (χ1n) is 8.02. The van der Waals surface area contributed by atoms with Crippen molar-refractivity contribution in [2.45, 2.75) is 51.6 Å². The smallest absolute Gasteiger partial charge is 0.0296 e. The number of hydrogen-bond acceptors (Lipinski definition) is 1. The zero-order chi connectivity index (χ0) is 14.8. The summed E-state index contributed by atoms with van der Waals surface area (Å²) < 4.78 is 0. The zero-order valence-corrected chi connectivity index (χ0v) is 13.3. The standard InChI is InChI=1S/C20H25N/c1-14-8-4-6-10-19(14)16(3)21-18-12-17(13-18)20-11-7-5-9-15(20)2/h4-11,16-18,21H,12-13H2,1-3H3/t16-,17?,18?/m1/s1. The van der Waals surface area contributed by atoms with E-state index in [1.54, 1.807) is 5.56 Å². The second-order valence-corrected chi connectivity index (χ2v) is 6.47. The van der Waals surface area contributed by atoms with Gasteiger partial charge in [0, 0.05) is 12.1 Å². The average molecular weight is 279 g/mol. The summed E-state index contributed by atoms with van der Waals surface area (Å²) in [5.41, 5.74) is 5.79. The molecule has 1 saturated carbocycles. The first-order chi connectivity index (χ1) is 10.1. The molecule has 1 aliphatic rings. The fourth-order valence-electron chi connectivity index (χ4n) is 3.57. The van der Waals surface area contributed by atoms with Crippen LogP contribution in [-0.2, 0) is 0 Å². The summed E-state index contributed by atoms with van der Waals surface area (Å²) in [4.78, 5) is 0. The maximum absolute atomic E-state index is 3.79. The lowest BCUT2D eigenvalue weighted by atomic mass is 9.74. The molecule has 0 saturated heterocycles. The van der Waals surface area contributed by atoms with E-state index < -0.39 is 0 Å². The van der Waals surface area contributed by atoms with Crippen LogP contribution in [0, 0.1) is 13.8 Å². The van der Waals surface area contributed by atoms with Gasteiger partial charge in [-0.3, -0.25) is 0 Å². The molecule has 0 spiro atoms. The third-order valence-electron chi connectivity index (χ3n) is 4.91. The van der Waals surface area contributed by atoms with E-state index in [0.717, 1.165) is 5.92 Å². The molecule has 1 atom stereocenters. The van der Waals surface area contributed by atoms with Crippen LogP contribution in [0.1, 0.15) is 54.0 Å². The van der Waals surface area contributed by atoms with Crippen molar-refractivity contribution < 1.29 is 0 Å². The van der Waals surface area contributed by atoms with Gasteiger partial charge in [0.25, 0.3) is 0 Å². The summed E-state index contributed by atoms with van der Waals surface area (Å²) >= 11 is 0. The molecule has 0 bridgehead atoms. The van der Waals surface area contributed by atoms with Crippen LogP contribution in [0.5, 0.6) is 0 Å². The lowest BCUT2D eigenvalue weighted by Crippen LogP contribution is -2.41. The van der Waals surface area contributed by atoms with E-state index in [1.807, 2.05) is 0 Å². The van der Waals surface area contributed by atoms with E-state index in [-0.39, 0.29) is 0 Å².